The van der Waals surface area contributed by atoms with Gasteiger partial charge < -0.3 is 13.9 Å². The third-order valence-electron chi connectivity index (χ3n) is 3.63. The van der Waals surface area contributed by atoms with Crippen molar-refractivity contribution < 1.29 is 18.7 Å². The van der Waals surface area contributed by atoms with E-state index in [9.17, 15) is 4.79 Å². The van der Waals surface area contributed by atoms with E-state index in [1.54, 1.807) is 17.6 Å². The standard InChI is InChI=1S/C18H20N4O4S/c1-24-16-9-17(25-2)21-18(20-16)19-15(23)12-22(10-13-5-3-7-26-13)11-14-6-4-8-27-14/h3-9H,10-12H2,1-2H3,(H,19,20,21,23). The number of nitrogens with one attached hydrogen (secondary N) is 1. The predicted molar refractivity (Wildman–Crippen MR) is 101 cm³/mol. The molecule has 8 nitrogen and oxygen atoms in total. The number of hydrogen-bond donors (Lipinski definition) is 1. The van der Waals surface area contributed by atoms with Crippen LogP contribution in [0.3, 0.4) is 0 Å². The Labute approximate surface area is 160 Å². The summed E-state index contributed by atoms with van der Waals surface area (Å²) in [6.45, 7) is 1.30. The maximum absolute atomic E-state index is 12.5. The second-order valence-corrected chi connectivity index (χ2v) is 6.66. The lowest BCUT2D eigenvalue weighted by atomic mass is 10.3. The molecule has 27 heavy (non-hydrogen) atoms. The van der Waals surface area contributed by atoms with Gasteiger partial charge in [-0.05, 0) is 23.6 Å². The Morgan fingerprint density at radius 3 is 2.56 bits per heavy atom. The summed E-state index contributed by atoms with van der Waals surface area (Å²) < 4.78 is 15.6. The summed E-state index contributed by atoms with van der Waals surface area (Å²) >= 11 is 1.64. The van der Waals surface area contributed by atoms with Crippen molar-refractivity contribution in [1.29, 1.82) is 0 Å². The predicted octanol–water partition coefficient (Wildman–Crippen LogP) is 2.79. The first kappa shape index (κ1) is 18.9. The summed E-state index contributed by atoms with van der Waals surface area (Å²) in [6.07, 6.45) is 1.62. The first-order valence-electron chi connectivity index (χ1n) is 8.20. The minimum Gasteiger partial charge on any atom is -0.481 e. The van der Waals surface area contributed by atoms with Crippen molar-refractivity contribution in [3.63, 3.8) is 0 Å². The lowest BCUT2D eigenvalue weighted by Crippen LogP contribution is -2.32. The molecule has 0 radical (unpaired) electrons. The highest BCUT2D eigenvalue weighted by atomic mass is 32.1. The minimum absolute atomic E-state index is 0.130. The van der Waals surface area contributed by atoms with E-state index in [4.69, 9.17) is 13.9 Å². The molecule has 0 aliphatic rings. The second kappa shape index (κ2) is 9.15. The number of hydrogen-bond acceptors (Lipinski definition) is 8. The van der Waals surface area contributed by atoms with Crippen LogP contribution < -0.4 is 14.8 Å². The van der Waals surface area contributed by atoms with Crippen LogP contribution in [0.25, 0.3) is 0 Å². The van der Waals surface area contributed by atoms with E-state index < -0.39 is 0 Å². The fourth-order valence-corrected chi connectivity index (χ4v) is 3.20. The van der Waals surface area contributed by atoms with Crippen LogP contribution in [-0.2, 0) is 17.9 Å². The molecule has 142 valence electrons. The van der Waals surface area contributed by atoms with Gasteiger partial charge in [-0.15, -0.1) is 11.3 Å². The number of nitrogens with zero attached hydrogens (tertiary/aromatic N) is 3. The topological polar surface area (TPSA) is 89.7 Å². The zero-order valence-corrected chi connectivity index (χ0v) is 15.9. The molecule has 1 amide bonds. The Morgan fingerprint density at radius 1 is 1.19 bits per heavy atom. The van der Waals surface area contributed by atoms with Crippen molar-refractivity contribution in [3.8, 4) is 11.8 Å². The van der Waals surface area contributed by atoms with Crippen LogP contribution in [0.2, 0.25) is 0 Å². The minimum atomic E-state index is -0.242. The molecule has 0 fully saturated rings. The van der Waals surface area contributed by atoms with Crippen LogP contribution in [0.5, 0.6) is 11.8 Å². The molecule has 0 saturated carbocycles. The quantitative estimate of drug-likeness (QED) is 0.603. The molecule has 0 atom stereocenters. The first-order valence-corrected chi connectivity index (χ1v) is 9.08. The number of ether oxygens (including phenoxy) is 2. The first-order chi connectivity index (χ1) is 13.2. The largest absolute Gasteiger partial charge is 0.481 e. The van der Waals surface area contributed by atoms with Gasteiger partial charge in [0.05, 0.1) is 39.6 Å². The van der Waals surface area contributed by atoms with Gasteiger partial charge >= 0.3 is 0 Å². The third-order valence-corrected chi connectivity index (χ3v) is 4.50. The summed E-state index contributed by atoms with van der Waals surface area (Å²) in [5.41, 5.74) is 0. The fraction of sp³-hybridized carbons (Fsp3) is 0.278. The average Bonchev–Trinajstić information content (AvgIpc) is 3.35. The van der Waals surface area contributed by atoms with Gasteiger partial charge in [-0.25, -0.2) is 0 Å². The molecule has 3 aromatic rings. The van der Waals surface area contributed by atoms with Crippen molar-refractivity contribution in [1.82, 2.24) is 14.9 Å². The van der Waals surface area contributed by atoms with Crippen LogP contribution in [-0.4, -0.2) is 41.5 Å². The highest BCUT2D eigenvalue weighted by Crippen LogP contribution is 2.18. The van der Waals surface area contributed by atoms with Crippen LogP contribution in [0.1, 0.15) is 10.6 Å². The lowest BCUT2D eigenvalue weighted by Gasteiger charge is -2.19. The van der Waals surface area contributed by atoms with Crippen LogP contribution in [0.15, 0.2) is 46.4 Å². The Morgan fingerprint density at radius 2 is 1.96 bits per heavy atom. The normalized spacial score (nSPS) is 10.8. The molecule has 3 rings (SSSR count). The van der Waals surface area contributed by atoms with Gasteiger partial charge in [0.1, 0.15) is 5.76 Å². The number of thiophene rings is 1. The molecule has 9 heteroatoms. The smallest absolute Gasteiger partial charge is 0.240 e. The van der Waals surface area contributed by atoms with Gasteiger partial charge in [-0.1, -0.05) is 6.07 Å². The van der Waals surface area contributed by atoms with E-state index in [2.05, 4.69) is 15.3 Å². The zero-order chi connectivity index (χ0) is 19.1. The molecular formula is C18H20N4O4S. The van der Waals surface area contributed by atoms with Gasteiger partial charge in [0.15, 0.2) is 0 Å². The maximum atomic E-state index is 12.5. The SMILES string of the molecule is COc1cc(OC)nc(NC(=O)CN(Cc2ccco2)Cc2cccs2)n1. The van der Waals surface area contributed by atoms with Gasteiger partial charge in [0.25, 0.3) is 0 Å². The van der Waals surface area contributed by atoms with Gasteiger partial charge in [0, 0.05) is 11.4 Å². The number of furan rings is 1. The Balaban J connectivity index is 1.68. The summed E-state index contributed by atoms with van der Waals surface area (Å²) in [5.74, 6) is 1.30. The molecule has 0 spiro atoms. The van der Waals surface area contributed by atoms with Crippen LogP contribution in [0.4, 0.5) is 5.95 Å². The molecular weight excluding hydrogens is 368 g/mol. The summed E-state index contributed by atoms with van der Waals surface area (Å²) in [6, 6.07) is 9.27. The molecule has 1 N–H and O–H groups in total. The monoisotopic (exact) mass is 388 g/mol. The maximum Gasteiger partial charge on any atom is 0.240 e. The number of aromatic nitrogens is 2. The molecule has 3 heterocycles. The third kappa shape index (κ3) is 5.53. The van der Waals surface area contributed by atoms with Crippen molar-refractivity contribution in [3.05, 3.63) is 52.6 Å². The number of anilines is 1. The van der Waals surface area contributed by atoms with Crippen molar-refractivity contribution >= 4 is 23.2 Å². The van der Waals surface area contributed by atoms with E-state index in [1.807, 2.05) is 34.5 Å². The van der Waals surface area contributed by atoms with Crippen molar-refractivity contribution in [2.24, 2.45) is 0 Å². The fourth-order valence-electron chi connectivity index (χ4n) is 2.45. The Bertz CT molecular complexity index is 794. The van der Waals surface area contributed by atoms with E-state index >= 15 is 0 Å². The summed E-state index contributed by atoms with van der Waals surface area (Å²) in [5, 5.41) is 4.70. The number of methoxy groups -OCH3 is 2. The second-order valence-electron chi connectivity index (χ2n) is 5.63. The number of carbonyl (C=O) groups is 1. The highest BCUT2D eigenvalue weighted by molar-refractivity contribution is 7.09. The zero-order valence-electron chi connectivity index (χ0n) is 15.0. The molecule has 0 aliphatic heterocycles. The molecule has 0 aliphatic carbocycles. The van der Waals surface area contributed by atoms with E-state index in [0.29, 0.717) is 24.8 Å². The number of amides is 1. The van der Waals surface area contributed by atoms with Crippen molar-refractivity contribution in [2.75, 3.05) is 26.1 Å². The van der Waals surface area contributed by atoms with Gasteiger partial charge in [0.2, 0.25) is 23.6 Å². The molecule has 0 saturated heterocycles. The summed E-state index contributed by atoms with van der Waals surface area (Å²) in [4.78, 5) is 23.9. The molecule has 0 aromatic carbocycles. The Hall–Kier alpha value is -2.91. The van der Waals surface area contributed by atoms with E-state index in [1.165, 1.54) is 20.3 Å². The van der Waals surface area contributed by atoms with Gasteiger partial charge in [-0.2, -0.15) is 9.97 Å². The molecule has 0 unspecified atom stereocenters. The highest BCUT2D eigenvalue weighted by Gasteiger charge is 2.16. The lowest BCUT2D eigenvalue weighted by molar-refractivity contribution is -0.117. The van der Waals surface area contributed by atoms with Crippen LogP contribution in [0, 0.1) is 0 Å². The number of carbonyl (C=O) groups excluding carboxylic acids is 1. The Kier molecular flexibility index (Phi) is 6.39. The van der Waals surface area contributed by atoms with Crippen molar-refractivity contribution in [2.45, 2.75) is 13.1 Å². The van der Waals surface area contributed by atoms with Gasteiger partial charge in [-0.3, -0.25) is 15.0 Å². The van der Waals surface area contributed by atoms with E-state index in [-0.39, 0.29) is 18.4 Å². The molecule has 0 bridgehead atoms. The average molecular weight is 388 g/mol. The van der Waals surface area contributed by atoms with E-state index in [0.717, 1.165) is 10.6 Å². The number of rotatable bonds is 9. The molecule has 3 aromatic heterocycles. The van der Waals surface area contributed by atoms with Crippen LogP contribution >= 0.6 is 11.3 Å². The summed E-state index contributed by atoms with van der Waals surface area (Å²) in [7, 11) is 2.97.